The van der Waals surface area contributed by atoms with Crippen molar-refractivity contribution in [2.24, 2.45) is 7.05 Å². The van der Waals surface area contributed by atoms with Crippen molar-refractivity contribution in [1.82, 2.24) is 20.2 Å². The summed E-state index contributed by atoms with van der Waals surface area (Å²) in [6.07, 6.45) is 0. The van der Waals surface area contributed by atoms with Crippen LogP contribution in [0.25, 0.3) is 11.1 Å². The lowest BCUT2D eigenvalue weighted by Gasteiger charge is -2.15. The van der Waals surface area contributed by atoms with Crippen LogP contribution in [0.5, 0.6) is 0 Å². The van der Waals surface area contributed by atoms with Crippen molar-refractivity contribution in [2.75, 3.05) is 6.61 Å². The lowest BCUT2D eigenvalue weighted by Crippen LogP contribution is -2.07. The molecule has 0 bridgehead atoms. The summed E-state index contributed by atoms with van der Waals surface area (Å²) in [5, 5.41) is 11.3. The van der Waals surface area contributed by atoms with Gasteiger partial charge in [0.15, 0.2) is 5.82 Å². The third-order valence-corrected chi connectivity index (χ3v) is 4.19. The molecule has 2 aromatic carbocycles. The van der Waals surface area contributed by atoms with Gasteiger partial charge in [-0.05, 0) is 51.4 Å². The Bertz CT molecular complexity index is 941. The fourth-order valence-corrected chi connectivity index (χ4v) is 2.88. The average Bonchev–Trinajstić information content (AvgIpc) is 3.06. The number of hydrogen-bond donors (Lipinski definition) is 1. The van der Waals surface area contributed by atoms with Crippen molar-refractivity contribution in [1.29, 1.82) is 0 Å². The number of tetrazole rings is 1. The topological polar surface area (TPSA) is 90.1 Å². The van der Waals surface area contributed by atoms with Crippen molar-refractivity contribution in [3.05, 3.63) is 77.1 Å². The highest BCUT2D eigenvalue weighted by molar-refractivity contribution is 7.32. The van der Waals surface area contributed by atoms with Gasteiger partial charge in [-0.25, -0.2) is 13.5 Å². The van der Waals surface area contributed by atoms with E-state index in [1.807, 2.05) is 0 Å². The molecular formula is C17H15F2N4O3P. The Morgan fingerprint density at radius 3 is 2.00 bits per heavy atom. The molecule has 10 heteroatoms. The summed E-state index contributed by atoms with van der Waals surface area (Å²) in [5.41, 5.74) is 2.09. The van der Waals surface area contributed by atoms with Crippen molar-refractivity contribution in [3.63, 3.8) is 0 Å². The van der Waals surface area contributed by atoms with Crippen molar-refractivity contribution in [3.8, 4) is 0 Å². The number of nitrogens with zero attached hydrogens (tertiary/aromatic N) is 4. The molecule has 0 amide bonds. The van der Waals surface area contributed by atoms with Gasteiger partial charge < -0.3 is 9.42 Å². The molecule has 7 nitrogen and oxygen atoms in total. The van der Waals surface area contributed by atoms with Crippen molar-refractivity contribution in [2.45, 2.75) is 0 Å². The minimum atomic E-state index is -3.22. The number of rotatable bonds is 6. The first kappa shape index (κ1) is 19.0. The number of benzene rings is 2. The van der Waals surface area contributed by atoms with Crippen LogP contribution in [0.3, 0.4) is 0 Å². The van der Waals surface area contributed by atoms with Gasteiger partial charge in [-0.3, -0.25) is 4.57 Å². The molecule has 1 aromatic heterocycles. The largest absolute Gasteiger partial charge is 0.326 e. The third kappa shape index (κ3) is 4.51. The minimum absolute atomic E-state index is 0.271. The molecule has 1 atom stereocenters. The Balaban J connectivity index is 2.27. The standard InChI is InChI=1S/C17H15F2N4O3P/c1-23-17(20-21-22-23)15(10-26-27(24)25)16(11-2-6-13(18)7-3-11)12-4-8-14(19)9-5-12/h2-9,27H,10H2,1H3,(H,24,25). The fraction of sp³-hybridized carbons (Fsp3) is 0.118. The van der Waals surface area contributed by atoms with E-state index in [0.717, 1.165) is 0 Å². The zero-order chi connectivity index (χ0) is 19.4. The van der Waals surface area contributed by atoms with Gasteiger partial charge in [0.25, 0.3) is 0 Å². The fourth-order valence-electron chi connectivity index (χ4n) is 2.62. The molecule has 1 heterocycles. The van der Waals surface area contributed by atoms with E-state index in [2.05, 4.69) is 15.5 Å². The number of halogens is 2. The molecule has 1 N–H and O–H groups in total. The maximum Gasteiger partial charge on any atom is 0.316 e. The molecule has 0 radical (unpaired) electrons. The number of aromatic nitrogens is 4. The monoisotopic (exact) mass is 392 g/mol. The van der Waals surface area contributed by atoms with Crippen molar-refractivity contribution >= 4 is 19.4 Å². The predicted molar refractivity (Wildman–Crippen MR) is 94.7 cm³/mol. The van der Waals surface area contributed by atoms with E-state index in [4.69, 9.17) is 9.42 Å². The molecule has 0 spiro atoms. The number of aryl methyl sites for hydroxylation is 1. The maximum atomic E-state index is 13.4. The van der Waals surface area contributed by atoms with Crippen LogP contribution in [-0.2, 0) is 16.1 Å². The highest BCUT2D eigenvalue weighted by Crippen LogP contribution is 2.33. The molecule has 3 aromatic rings. The zero-order valence-corrected chi connectivity index (χ0v) is 15.1. The van der Waals surface area contributed by atoms with E-state index in [-0.39, 0.29) is 6.61 Å². The van der Waals surface area contributed by atoms with Gasteiger partial charge in [-0.15, -0.1) is 5.10 Å². The zero-order valence-electron chi connectivity index (χ0n) is 14.1. The SMILES string of the molecule is Cn1nnnc1C(CO[PH](=O)O)=C(c1ccc(F)cc1)c1ccc(F)cc1. The molecule has 0 fully saturated rings. The molecule has 140 valence electrons. The first-order valence-corrected chi connectivity index (χ1v) is 9.05. The molecule has 0 aliphatic rings. The van der Waals surface area contributed by atoms with E-state index >= 15 is 0 Å². The molecule has 0 aliphatic carbocycles. The Labute approximate surface area is 153 Å². The van der Waals surface area contributed by atoms with E-state index in [1.54, 1.807) is 31.3 Å². The smallest absolute Gasteiger partial charge is 0.316 e. The van der Waals surface area contributed by atoms with Crippen LogP contribution >= 0.6 is 8.25 Å². The Morgan fingerprint density at radius 2 is 1.59 bits per heavy atom. The van der Waals surface area contributed by atoms with E-state index in [1.165, 1.54) is 28.9 Å². The third-order valence-electron chi connectivity index (χ3n) is 3.80. The summed E-state index contributed by atoms with van der Waals surface area (Å²) in [6.45, 7) is -0.271. The van der Waals surface area contributed by atoms with Gasteiger partial charge in [0, 0.05) is 12.6 Å². The van der Waals surface area contributed by atoms with Crippen LogP contribution in [-0.4, -0.2) is 31.7 Å². The Morgan fingerprint density at radius 1 is 1.07 bits per heavy atom. The van der Waals surface area contributed by atoms with Gasteiger partial charge >= 0.3 is 8.25 Å². The van der Waals surface area contributed by atoms with Crippen LogP contribution in [0.4, 0.5) is 8.78 Å². The minimum Gasteiger partial charge on any atom is -0.326 e. The van der Waals surface area contributed by atoms with Gasteiger partial charge in [0.05, 0.1) is 6.61 Å². The summed E-state index contributed by atoms with van der Waals surface area (Å²) >= 11 is 0. The molecule has 27 heavy (non-hydrogen) atoms. The van der Waals surface area contributed by atoms with E-state index in [0.29, 0.717) is 28.1 Å². The van der Waals surface area contributed by atoms with Crippen LogP contribution in [0.15, 0.2) is 48.5 Å². The lowest BCUT2D eigenvalue weighted by atomic mass is 9.92. The Hall–Kier alpha value is -2.74. The maximum absolute atomic E-state index is 13.4. The van der Waals surface area contributed by atoms with Gasteiger partial charge in [0.2, 0.25) is 0 Å². The second-order valence-corrected chi connectivity index (χ2v) is 6.37. The molecular weight excluding hydrogens is 377 g/mol. The van der Waals surface area contributed by atoms with E-state index in [9.17, 15) is 13.3 Å². The van der Waals surface area contributed by atoms with Crippen LogP contribution in [0, 0.1) is 11.6 Å². The van der Waals surface area contributed by atoms with Crippen LogP contribution < -0.4 is 0 Å². The van der Waals surface area contributed by atoms with Gasteiger partial charge in [0.1, 0.15) is 11.6 Å². The summed E-state index contributed by atoms with van der Waals surface area (Å²) in [4.78, 5) is 9.11. The Kier molecular flexibility index (Phi) is 5.85. The summed E-state index contributed by atoms with van der Waals surface area (Å²) in [5.74, 6) is -0.548. The van der Waals surface area contributed by atoms with Crippen LogP contribution in [0.2, 0.25) is 0 Å². The second-order valence-electron chi connectivity index (χ2n) is 5.55. The van der Waals surface area contributed by atoms with E-state index < -0.39 is 19.9 Å². The highest BCUT2D eigenvalue weighted by Gasteiger charge is 2.19. The molecule has 1 unspecified atom stereocenters. The molecule has 0 saturated heterocycles. The lowest BCUT2D eigenvalue weighted by molar-refractivity contribution is 0.316. The molecule has 3 rings (SSSR count). The average molecular weight is 392 g/mol. The first-order chi connectivity index (χ1) is 13.0. The normalized spacial score (nSPS) is 12.0. The van der Waals surface area contributed by atoms with Gasteiger partial charge in [-0.2, -0.15) is 0 Å². The van der Waals surface area contributed by atoms with Crippen LogP contribution in [0.1, 0.15) is 17.0 Å². The first-order valence-electron chi connectivity index (χ1n) is 7.79. The van der Waals surface area contributed by atoms with Crippen molar-refractivity contribution < 1.29 is 22.8 Å². The molecule has 0 aliphatic heterocycles. The molecule has 0 saturated carbocycles. The summed E-state index contributed by atoms with van der Waals surface area (Å²) < 4.78 is 44.2. The summed E-state index contributed by atoms with van der Waals surface area (Å²) in [7, 11) is -1.62. The second kappa shape index (κ2) is 8.30. The number of hydrogen-bond acceptors (Lipinski definition) is 5. The summed E-state index contributed by atoms with van der Waals surface area (Å²) in [6, 6.07) is 11.3. The van der Waals surface area contributed by atoms with Gasteiger partial charge in [-0.1, -0.05) is 24.3 Å². The quantitative estimate of drug-likeness (QED) is 0.649. The predicted octanol–water partition coefficient (Wildman–Crippen LogP) is 2.85. The highest BCUT2D eigenvalue weighted by atomic mass is 31.1.